The molecule has 1 heterocycles. The lowest BCUT2D eigenvalue weighted by Crippen LogP contribution is -2.40. The number of nitrogens with zero attached hydrogens (tertiary/aromatic N) is 1. The van der Waals surface area contributed by atoms with Crippen LogP contribution in [0.5, 0.6) is 5.75 Å². The molecule has 0 aliphatic carbocycles. The van der Waals surface area contributed by atoms with Crippen molar-refractivity contribution < 1.29 is 19.1 Å². The molecule has 6 nitrogen and oxygen atoms in total. The Kier molecular flexibility index (Phi) is 7.28. The molecule has 29 heavy (non-hydrogen) atoms. The number of amides is 2. The van der Waals surface area contributed by atoms with Crippen LogP contribution in [0.2, 0.25) is 0 Å². The first-order chi connectivity index (χ1) is 13.9. The molecule has 1 N–H and O–H groups in total. The molecule has 2 aromatic carbocycles. The number of benzene rings is 2. The molecule has 7 heteroatoms. The summed E-state index contributed by atoms with van der Waals surface area (Å²) < 4.78 is 11.9. The molecule has 0 saturated carbocycles. The zero-order valence-corrected chi connectivity index (χ0v) is 18.2. The molecule has 1 fully saturated rings. The van der Waals surface area contributed by atoms with Crippen LogP contribution in [-0.4, -0.2) is 49.6 Å². The highest BCUT2D eigenvalue weighted by molar-refractivity contribution is 9.10. The van der Waals surface area contributed by atoms with Gasteiger partial charge < -0.3 is 19.7 Å². The topological polar surface area (TPSA) is 67.9 Å². The zero-order valence-electron chi connectivity index (χ0n) is 16.6. The van der Waals surface area contributed by atoms with Gasteiger partial charge in [0.1, 0.15) is 5.75 Å². The first kappa shape index (κ1) is 21.3. The van der Waals surface area contributed by atoms with E-state index in [-0.39, 0.29) is 11.8 Å². The molecule has 0 aromatic heterocycles. The van der Waals surface area contributed by atoms with Gasteiger partial charge in [-0.2, -0.15) is 0 Å². The number of halogens is 1. The maximum absolute atomic E-state index is 12.9. The molecule has 0 radical (unpaired) electrons. The number of carbonyl (C=O) groups is 2. The van der Waals surface area contributed by atoms with E-state index < -0.39 is 0 Å². The van der Waals surface area contributed by atoms with Crippen LogP contribution in [0.15, 0.2) is 46.9 Å². The largest absolute Gasteiger partial charge is 0.492 e. The van der Waals surface area contributed by atoms with E-state index in [4.69, 9.17) is 9.47 Å². The van der Waals surface area contributed by atoms with Crippen molar-refractivity contribution in [1.82, 2.24) is 4.90 Å². The number of carbonyl (C=O) groups excluding carboxylic acids is 2. The summed E-state index contributed by atoms with van der Waals surface area (Å²) in [5.41, 5.74) is 1.53. The Morgan fingerprint density at radius 1 is 1.17 bits per heavy atom. The van der Waals surface area contributed by atoms with Gasteiger partial charge in [0.05, 0.1) is 25.4 Å². The van der Waals surface area contributed by atoms with E-state index in [0.717, 1.165) is 4.47 Å². The summed E-state index contributed by atoms with van der Waals surface area (Å²) in [7, 11) is 0. The molecular formula is C22H25BrN2O4. The van der Waals surface area contributed by atoms with E-state index in [1.54, 1.807) is 41.3 Å². The van der Waals surface area contributed by atoms with Crippen molar-refractivity contribution in [2.75, 3.05) is 38.2 Å². The van der Waals surface area contributed by atoms with Crippen molar-refractivity contribution in [3.05, 3.63) is 58.1 Å². The third-order valence-electron chi connectivity index (χ3n) is 4.42. The van der Waals surface area contributed by atoms with Gasteiger partial charge in [0, 0.05) is 28.8 Å². The molecule has 2 aromatic rings. The SMILES string of the molecule is CC(C)COc1ccc(Br)cc1C(=O)Nc1cccc(C(=O)N2CCOCC2)c1. The quantitative estimate of drug-likeness (QED) is 0.700. The fourth-order valence-electron chi connectivity index (χ4n) is 2.94. The minimum absolute atomic E-state index is 0.0622. The number of hydrogen-bond acceptors (Lipinski definition) is 4. The van der Waals surface area contributed by atoms with Crippen LogP contribution in [0.1, 0.15) is 34.6 Å². The number of nitrogens with one attached hydrogen (secondary N) is 1. The highest BCUT2D eigenvalue weighted by atomic mass is 79.9. The number of morpholine rings is 1. The molecule has 0 bridgehead atoms. The minimum atomic E-state index is -0.291. The Morgan fingerprint density at radius 3 is 2.66 bits per heavy atom. The average Bonchev–Trinajstić information content (AvgIpc) is 2.73. The van der Waals surface area contributed by atoms with Gasteiger partial charge in [-0.15, -0.1) is 0 Å². The Morgan fingerprint density at radius 2 is 1.93 bits per heavy atom. The summed E-state index contributed by atoms with van der Waals surface area (Å²) >= 11 is 3.41. The van der Waals surface area contributed by atoms with Crippen molar-refractivity contribution in [2.45, 2.75) is 13.8 Å². The monoisotopic (exact) mass is 460 g/mol. The van der Waals surface area contributed by atoms with Crippen LogP contribution in [0.4, 0.5) is 5.69 Å². The summed E-state index contributed by atoms with van der Waals surface area (Å²) in [5.74, 6) is 0.520. The van der Waals surface area contributed by atoms with Gasteiger partial charge in [-0.3, -0.25) is 9.59 Å². The molecule has 2 amide bonds. The normalized spacial score (nSPS) is 14.0. The predicted octanol–water partition coefficient (Wildman–Crippen LogP) is 4.21. The van der Waals surface area contributed by atoms with Gasteiger partial charge in [0.25, 0.3) is 11.8 Å². The molecule has 154 valence electrons. The van der Waals surface area contributed by atoms with Crippen molar-refractivity contribution in [1.29, 1.82) is 0 Å². The second kappa shape index (κ2) is 9.89. The van der Waals surface area contributed by atoms with Gasteiger partial charge in [-0.25, -0.2) is 0 Å². The third-order valence-corrected chi connectivity index (χ3v) is 4.92. The molecule has 1 aliphatic rings. The van der Waals surface area contributed by atoms with Gasteiger partial charge >= 0.3 is 0 Å². The molecule has 0 spiro atoms. The Bertz CT molecular complexity index is 879. The van der Waals surface area contributed by atoms with Crippen LogP contribution in [0, 0.1) is 5.92 Å². The summed E-state index contributed by atoms with van der Waals surface area (Å²) in [5, 5.41) is 2.88. The number of hydrogen-bond donors (Lipinski definition) is 1. The van der Waals surface area contributed by atoms with Crippen molar-refractivity contribution >= 4 is 33.4 Å². The summed E-state index contributed by atoms with van der Waals surface area (Å²) in [4.78, 5) is 27.3. The van der Waals surface area contributed by atoms with Gasteiger partial charge in [-0.1, -0.05) is 35.8 Å². The van der Waals surface area contributed by atoms with E-state index >= 15 is 0 Å². The van der Waals surface area contributed by atoms with E-state index in [9.17, 15) is 9.59 Å². The second-order valence-corrected chi connectivity index (χ2v) is 8.20. The Balaban J connectivity index is 1.75. The molecule has 1 aliphatic heterocycles. The van der Waals surface area contributed by atoms with E-state index in [1.165, 1.54) is 0 Å². The Labute approximate surface area is 179 Å². The predicted molar refractivity (Wildman–Crippen MR) is 116 cm³/mol. The van der Waals surface area contributed by atoms with E-state index in [1.807, 2.05) is 6.07 Å². The molecule has 3 rings (SSSR count). The first-order valence-corrected chi connectivity index (χ1v) is 10.4. The second-order valence-electron chi connectivity index (χ2n) is 7.28. The maximum atomic E-state index is 12.9. The lowest BCUT2D eigenvalue weighted by molar-refractivity contribution is 0.0303. The first-order valence-electron chi connectivity index (χ1n) is 9.65. The van der Waals surface area contributed by atoms with Crippen molar-refractivity contribution in [3.8, 4) is 5.75 Å². The third kappa shape index (κ3) is 5.81. The Hall–Kier alpha value is -2.38. The smallest absolute Gasteiger partial charge is 0.259 e. The van der Waals surface area contributed by atoms with Crippen LogP contribution in [-0.2, 0) is 4.74 Å². The van der Waals surface area contributed by atoms with Gasteiger partial charge in [0.15, 0.2) is 0 Å². The minimum Gasteiger partial charge on any atom is -0.492 e. The van der Waals surface area contributed by atoms with Gasteiger partial charge in [0.2, 0.25) is 0 Å². The average molecular weight is 461 g/mol. The van der Waals surface area contributed by atoms with Crippen LogP contribution < -0.4 is 10.1 Å². The van der Waals surface area contributed by atoms with Crippen molar-refractivity contribution in [2.24, 2.45) is 5.92 Å². The summed E-state index contributed by atoms with van der Waals surface area (Å²) in [6.45, 7) is 6.86. The highest BCUT2D eigenvalue weighted by Crippen LogP contribution is 2.25. The fraction of sp³-hybridized carbons (Fsp3) is 0.364. The van der Waals surface area contributed by atoms with Crippen LogP contribution in [0.25, 0.3) is 0 Å². The van der Waals surface area contributed by atoms with E-state index in [2.05, 4.69) is 35.1 Å². The van der Waals surface area contributed by atoms with Crippen LogP contribution in [0.3, 0.4) is 0 Å². The highest BCUT2D eigenvalue weighted by Gasteiger charge is 2.19. The van der Waals surface area contributed by atoms with Crippen molar-refractivity contribution in [3.63, 3.8) is 0 Å². The number of ether oxygens (including phenoxy) is 2. The zero-order chi connectivity index (χ0) is 20.8. The number of rotatable bonds is 6. The lowest BCUT2D eigenvalue weighted by Gasteiger charge is -2.27. The van der Waals surface area contributed by atoms with Crippen LogP contribution >= 0.6 is 15.9 Å². The van der Waals surface area contributed by atoms with Gasteiger partial charge in [-0.05, 0) is 42.3 Å². The summed E-state index contributed by atoms with van der Waals surface area (Å²) in [6.07, 6.45) is 0. The maximum Gasteiger partial charge on any atom is 0.259 e. The lowest BCUT2D eigenvalue weighted by atomic mass is 10.1. The molecule has 1 saturated heterocycles. The molecule has 0 unspecified atom stereocenters. The summed E-state index contributed by atoms with van der Waals surface area (Å²) in [6, 6.07) is 12.3. The molecule has 0 atom stereocenters. The number of anilines is 1. The standard InChI is InChI=1S/C22H25BrN2O4/c1-15(2)14-29-20-7-6-17(23)13-19(20)21(26)24-18-5-3-4-16(12-18)22(27)25-8-10-28-11-9-25/h3-7,12-13,15H,8-11,14H2,1-2H3,(H,24,26). The molecular weight excluding hydrogens is 436 g/mol. The fourth-order valence-corrected chi connectivity index (χ4v) is 3.30. The van der Waals surface area contributed by atoms with E-state index in [0.29, 0.717) is 61.4 Å².